The van der Waals surface area contributed by atoms with Gasteiger partial charge in [-0.1, -0.05) is 31.2 Å². The Morgan fingerprint density at radius 2 is 1.58 bits per heavy atom. The number of fused-ring (bicyclic) bond motifs is 1. The van der Waals surface area contributed by atoms with Gasteiger partial charge in [-0.2, -0.15) is 0 Å². The van der Waals surface area contributed by atoms with E-state index in [4.69, 9.17) is 9.47 Å². The molecule has 0 aromatic heterocycles. The summed E-state index contributed by atoms with van der Waals surface area (Å²) in [6.07, 6.45) is 0.504. The zero-order chi connectivity index (χ0) is 13.7. The molecule has 0 saturated carbocycles. The molecule has 19 heavy (non-hydrogen) atoms. The van der Waals surface area contributed by atoms with Crippen molar-refractivity contribution in [2.75, 3.05) is 13.2 Å². The van der Waals surface area contributed by atoms with Crippen molar-refractivity contribution in [2.24, 2.45) is 0 Å². The fourth-order valence-corrected chi connectivity index (χ4v) is 1.92. The Labute approximate surface area is 113 Å². The molecule has 0 amide bonds. The quantitative estimate of drug-likeness (QED) is 0.865. The largest absolute Gasteiger partial charge is 0.493 e. The first-order chi connectivity index (χ1) is 9.22. The lowest BCUT2D eigenvalue weighted by Gasteiger charge is -2.14. The predicted molar refractivity (Wildman–Crippen MR) is 76.9 cm³/mol. The minimum absolute atomic E-state index is 0.291. The molecule has 0 fully saturated rings. The van der Waals surface area contributed by atoms with Gasteiger partial charge in [0.25, 0.3) is 0 Å². The van der Waals surface area contributed by atoms with Crippen molar-refractivity contribution >= 4 is 10.8 Å². The number of aliphatic hydroxyl groups is 1. The van der Waals surface area contributed by atoms with E-state index in [1.807, 2.05) is 36.4 Å². The minimum atomic E-state index is -0.477. The second kappa shape index (κ2) is 6.43. The standard InChI is InChI=1S/C16H20O3/c1-3-10-18-15-8-9-16(19-11-12(2)17)14-7-5-4-6-13(14)15/h4-9,12,17H,3,10-11H2,1-2H3. The molecule has 2 aromatic rings. The molecule has 0 aliphatic carbocycles. The van der Waals surface area contributed by atoms with E-state index >= 15 is 0 Å². The van der Waals surface area contributed by atoms with Crippen LogP contribution >= 0.6 is 0 Å². The van der Waals surface area contributed by atoms with Gasteiger partial charge in [0, 0.05) is 10.8 Å². The van der Waals surface area contributed by atoms with E-state index in [2.05, 4.69) is 6.92 Å². The molecule has 1 unspecified atom stereocenters. The first kappa shape index (κ1) is 13.7. The molecule has 1 atom stereocenters. The van der Waals surface area contributed by atoms with Gasteiger partial charge in [-0.15, -0.1) is 0 Å². The van der Waals surface area contributed by atoms with E-state index in [-0.39, 0.29) is 0 Å². The van der Waals surface area contributed by atoms with Crippen molar-refractivity contribution in [3.8, 4) is 11.5 Å². The Morgan fingerprint density at radius 1 is 1.00 bits per heavy atom. The average molecular weight is 260 g/mol. The molecule has 0 spiro atoms. The highest BCUT2D eigenvalue weighted by Gasteiger charge is 2.08. The molecule has 0 saturated heterocycles. The van der Waals surface area contributed by atoms with Crippen LogP contribution in [0.5, 0.6) is 11.5 Å². The highest BCUT2D eigenvalue weighted by Crippen LogP contribution is 2.33. The van der Waals surface area contributed by atoms with Crippen molar-refractivity contribution in [3.63, 3.8) is 0 Å². The molecule has 3 heteroatoms. The van der Waals surface area contributed by atoms with Gasteiger partial charge in [0.05, 0.1) is 12.7 Å². The second-order valence-corrected chi connectivity index (χ2v) is 4.62. The molecule has 2 aromatic carbocycles. The summed E-state index contributed by atoms with van der Waals surface area (Å²) in [5.74, 6) is 1.65. The monoisotopic (exact) mass is 260 g/mol. The fraction of sp³-hybridized carbons (Fsp3) is 0.375. The summed E-state index contributed by atoms with van der Waals surface area (Å²) in [4.78, 5) is 0. The van der Waals surface area contributed by atoms with Crippen LogP contribution < -0.4 is 9.47 Å². The van der Waals surface area contributed by atoms with E-state index in [0.717, 1.165) is 28.7 Å². The van der Waals surface area contributed by atoms with Gasteiger partial charge in [-0.25, -0.2) is 0 Å². The van der Waals surface area contributed by atoms with Crippen LogP contribution in [0.15, 0.2) is 36.4 Å². The third-order valence-electron chi connectivity index (χ3n) is 2.79. The average Bonchev–Trinajstić information content (AvgIpc) is 2.43. The first-order valence-corrected chi connectivity index (χ1v) is 6.67. The Kier molecular flexibility index (Phi) is 4.63. The van der Waals surface area contributed by atoms with Crippen LogP contribution in [-0.2, 0) is 0 Å². The normalized spacial score (nSPS) is 12.4. The number of ether oxygens (including phenoxy) is 2. The van der Waals surface area contributed by atoms with E-state index in [1.165, 1.54) is 0 Å². The highest BCUT2D eigenvalue weighted by atomic mass is 16.5. The van der Waals surface area contributed by atoms with Crippen LogP contribution in [0.4, 0.5) is 0 Å². The summed E-state index contributed by atoms with van der Waals surface area (Å²) < 4.78 is 11.4. The summed E-state index contributed by atoms with van der Waals surface area (Å²) in [6.45, 7) is 4.79. The Balaban J connectivity index is 2.34. The number of hydrogen-bond donors (Lipinski definition) is 1. The van der Waals surface area contributed by atoms with Crippen LogP contribution in [-0.4, -0.2) is 24.4 Å². The molecule has 2 rings (SSSR count). The van der Waals surface area contributed by atoms with Gasteiger partial charge in [0.1, 0.15) is 18.1 Å². The van der Waals surface area contributed by atoms with Gasteiger partial charge in [-0.3, -0.25) is 0 Å². The maximum atomic E-state index is 9.31. The van der Waals surface area contributed by atoms with Crippen molar-refractivity contribution < 1.29 is 14.6 Å². The van der Waals surface area contributed by atoms with Gasteiger partial charge in [0.15, 0.2) is 0 Å². The Hall–Kier alpha value is -1.74. The van der Waals surface area contributed by atoms with Crippen LogP contribution in [0, 0.1) is 0 Å². The predicted octanol–water partition coefficient (Wildman–Crippen LogP) is 3.39. The molecular weight excluding hydrogens is 240 g/mol. The highest BCUT2D eigenvalue weighted by molar-refractivity contribution is 5.93. The zero-order valence-corrected chi connectivity index (χ0v) is 11.4. The Bertz CT molecular complexity index is 535. The van der Waals surface area contributed by atoms with E-state index < -0.39 is 6.10 Å². The number of aliphatic hydroxyl groups excluding tert-OH is 1. The number of hydrogen-bond acceptors (Lipinski definition) is 3. The molecule has 3 nitrogen and oxygen atoms in total. The topological polar surface area (TPSA) is 38.7 Å². The number of benzene rings is 2. The maximum absolute atomic E-state index is 9.31. The summed E-state index contributed by atoms with van der Waals surface area (Å²) >= 11 is 0. The van der Waals surface area contributed by atoms with E-state index in [9.17, 15) is 5.11 Å². The van der Waals surface area contributed by atoms with Crippen LogP contribution in [0.3, 0.4) is 0 Å². The summed E-state index contributed by atoms with van der Waals surface area (Å²) in [7, 11) is 0. The van der Waals surface area contributed by atoms with Crippen LogP contribution in [0.1, 0.15) is 20.3 Å². The second-order valence-electron chi connectivity index (χ2n) is 4.62. The molecule has 0 radical (unpaired) electrons. The molecular formula is C16H20O3. The van der Waals surface area contributed by atoms with Crippen LogP contribution in [0.25, 0.3) is 10.8 Å². The third-order valence-corrected chi connectivity index (χ3v) is 2.79. The molecule has 0 aliphatic heterocycles. The van der Waals surface area contributed by atoms with Crippen molar-refractivity contribution in [3.05, 3.63) is 36.4 Å². The van der Waals surface area contributed by atoms with Crippen molar-refractivity contribution in [1.29, 1.82) is 0 Å². The molecule has 102 valence electrons. The zero-order valence-electron chi connectivity index (χ0n) is 11.4. The molecule has 1 N–H and O–H groups in total. The molecule has 0 bridgehead atoms. The lowest BCUT2D eigenvalue weighted by molar-refractivity contribution is 0.123. The van der Waals surface area contributed by atoms with Crippen LogP contribution in [0.2, 0.25) is 0 Å². The molecule has 0 aliphatic rings. The smallest absolute Gasteiger partial charge is 0.127 e. The minimum Gasteiger partial charge on any atom is -0.493 e. The fourth-order valence-electron chi connectivity index (χ4n) is 1.92. The SMILES string of the molecule is CCCOc1ccc(OCC(C)O)c2ccccc12. The first-order valence-electron chi connectivity index (χ1n) is 6.67. The summed E-state index contributed by atoms with van der Waals surface area (Å²) in [6, 6.07) is 11.8. The maximum Gasteiger partial charge on any atom is 0.127 e. The van der Waals surface area contributed by atoms with Crippen molar-refractivity contribution in [2.45, 2.75) is 26.4 Å². The summed E-state index contributed by atoms with van der Waals surface area (Å²) in [5, 5.41) is 11.4. The van der Waals surface area contributed by atoms with Gasteiger partial charge in [-0.05, 0) is 25.5 Å². The van der Waals surface area contributed by atoms with Gasteiger partial charge in [0.2, 0.25) is 0 Å². The Morgan fingerprint density at radius 3 is 2.11 bits per heavy atom. The van der Waals surface area contributed by atoms with E-state index in [1.54, 1.807) is 6.92 Å². The van der Waals surface area contributed by atoms with E-state index in [0.29, 0.717) is 13.2 Å². The van der Waals surface area contributed by atoms with Gasteiger partial charge < -0.3 is 14.6 Å². The number of rotatable bonds is 6. The lowest BCUT2D eigenvalue weighted by Crippen LogP contribution is -2.12. The van der Waals surface area contributed by atoms with Gasteiger partial charge >= 0.3 is 0 Å². The molecule has 0 heterocycles. The summed E-state index contributed by atoms with van der Waals surface area (Å²) in [5.41, 5.74) is 0. The lowest BCUT2D eigenvalue weighted by atomic mass is 10.1. The van der Waals surface area contributed by atoms with Crippen molar-refractivity contribution in [1.82, 2.24) is 0 Å². The third kappa shape index (κ3) is 3.38.